The molecule has 18 heavy (non-hydrogen) atoms. The highest BCUT2D eigenvalue weighted by molar-refractivity contribution is 9.10. The van der Waals surface area contributed by atoms with Crippen LogP contribution in [0.15, 0.2) is 46.5 Å². The summed E-state index contributed by atoms with van der Waals surface area (Å²) >= 11 is 5.02. The van der Waals surface area contributed by atoms with E-state index >= 15 is 0 Å². The number of benzene rings is 1. The van der Waals surface area contributed by atoms with Gasteiger partial charge < -0.3 is 0 Å². The zero-order valence-corrected chi connectivity index (χ0v) is 12.1. The van der Waals surface area contributed by atoms with Crippen LogP contribution in [0.5, 0.6) is 0 Å². The van der Waals surface area contributed by atoms with Gasteiger partial charge >= 0.3 is 0 Å². The molecule has 1 unspecified atom stereocenters. The van der Waals surface area contributed by atoms with Gasteiger partial charge in [0.2, 0.25) is 0 Å². The van der Waals surface area contributed by atoms with Crippen molar-refractivity contribution in [1.82, 2.24) is 5.43 Å². The average Bonchev–Trinajstić information content (AvgIpc) is 2.38. The van der Waals surface area contributed by atoms with E-state index in [9.17, 15) is 4.79 Å². The summed E-state index contributed by atoms with van der Waals surface area (Å²) < 4.78 is 1.01. The molecule has 0 fully saturated rings. The Kier molecular flexibility index (Phi) is 4.60. The molecule has 1 atom stereocenters. The van der Waals surface area contributed by atoms with Gasteiger partial charge in [0.05, 0.1) is 11.0 Å². The molecule has 1 aliphatic rings. The number of thioether (sulfide) groups is 1. The normalized spacial score (nSPS) is 19.1. The second-order valence-electron chi connectivity index (χ2n) is 3.86. The van der Waals surface area contributed by atoms with Crippen LogP contribution in [0.3, 0.4) is 0 Å². The fraction of sp³-hybridized carbons (Fsp3) is 0.231. The molecule has 0 radical (unpaired) electrons. The van der Waals surface area contributed by atoms with E-state index in [4.69, 9.17) is 0 Å². The minimum Gasteiger partial charge on any atom is -0.272 e. The lowest BCUT2D eigenvalue weighted by Gasteiger charge is -2.20. The summed E-state index contributed by atoms with van der Waals surface area (Å²) in [5, 5.41) is 4.05. The van der Waals surface area contributed by atoms with E-state index in [0.717, 1.165) is 21.5 Å². The smallest absolute Gasteiger partial charge is 0.253 e. The number of hydrazone groups is 1. The summed E-state index contributed by atoms with van der Waals surface area (Å²) in [4.78, 5) is 11.7. The van der Waals surface area contributed by atoms with Gasteiger partial charge in [0.15, 0.2) is 0 Å². The standard InChI is InChI=1S/C13H13BrN2OS/c1-2-6-18-12-8-11(15-16-13(12)17)9-4-3-5-10(14)7-9/h2-5,7,12H,1,6,8H2,(H,16,17). The summed E-state index contributed by atoms with van der Waals surface area (Å²) in [5.41, 5.74) is 4.54. The third-order valence-corrected chi connectivity index (χ3v) is 4.25. The highest BCUT2D eigenvalue weighted by atomic mass is 79.9. The van der Waals surface area contributed by atoms with Gasteiger partial charge in [-0.15, -0.1) is 18.3 Å². The van der Waals surface area contributed by atoms with Crippen molar-refractivity contribution in [2.45, 2.75) is 11.7 Å². The quantitative estimate of drug-likeness (QED) is 0.865. The molecule has 1 aliphatic heterocycles. The maximum absolute atomic E-state index is 11.7. The van der Waals surface area contributed by atoms with Gasteiger partial charge in [0, 0.05) is 16.6 Å². The van der Waals surface area contributed by atoms with Gasteiger partial charge in [0.1, 0.15) is 0 Å². The first kappa shape index (κ1) is 13.4. The Balaban J connectivity index is 2.15. The topological polar surface area (TPSA) is 41.5 Å². The molecule has 3 nitrogen and oxygen atoms in total. The van der Waals surface area contributed by atoms with Crippen molar-refractivity contribution in [1.29, 1.82) is 0 Å². The minimum absolute atomic E-state index is 0.0272. The molecule has 0 saturated heterocycles. The highest BCUT2D eigenvalue weighted by Gasteiger charge is 2.25. The van der Waals surface area contributed by atoms with E-state index in [1.54, 1.807) is 11.8 Å². The summed E-state index contributed by atoms with van der Waals surface area (Å²) in [5.74, 6) is 0.740. The maximum Gasteiger partial charge on any atom is 0.253 e. The fourth-order valence-corrected chi connectivity index (χ4v) is 2.93. The first-order valence-corrected chi connectivity index (χ1v) is 7.39. The Bertz CT molecular complexity index is 502. The van der Waals surface area contributed by atoms with Crippen LogP contribution in [0.4, 0.5) is 0 Å². The number of halogens is 1. The van der Waals surface area contributed by atoms with Gasteiger partial charge in [0.25, 0.3) is 5.91 Å². The van der Waals surface area contributed by atoms with Gasteiger partial charge in [-0.25, -0.2) is 5.43 Å². The lowest BCUT2D eigenvalue weighted by molar-refractivity contribution is -0.120. The SMILES string of the molecule is C=CCSC1CC(c2cccc(Br)c2)=NNC1=O. The Labute approximate surface area is 119 Å². The van der Waals surface area contributed by atoms with Crippen molar-refractivity contribution in [2.24, 2.45) is 5.10 Å². The molecule has 1 aromatic rings. The van der Waals surface area contributed by atoms with Gasteiger partial charge in [-0.1, -0.05) is 34.1 Å². The van der Waals surface area contributed by atoms with E-state index in [1.165, 1.54) is 0 Å². The molecule has 0 saturated carbocycles. The lowest BCUT2D eigenvalue weighted by Crippen LogP contribution is -2.37. The minimum atomic E-state index is -0.0884. The number of amides is 1. The van der Waals surface area contributed by atoms with Crippen molar-refractivity contribution in [2.75, 3.05) is 5.75 Å². The van der Waals surface area contributed by atoms with Crippen LogP contribution in [0.25, 0.3) is 0 Å². The molecule has 0 spiro atoms. The van der Waals surface area contributed by atoms with Crippen LogP contribution < -0.4 is 5.43 Å². The van der Waals surface area contributed by atoms with Crippen LogP contribution in [0.2, 0.25) is 0 Å². The van der Waals surface area contributed by atoms with E-state index in [-0.39, 0.29) is 11.2 Å². The molecule has 0 bridgehead atoms. The number of nitrogens with one attached hydrogen (secondary N) is 1. The fourth-order valence-electron chi connectivity index (χ4n) is 1.68. The first-order chi connectivity index (χ1) is 8.70. The summed E-state index contributed by atoms with van der Waals surface area (Å²) in [6.45, 7) is 3.67. The molecule has 1 aromatic carbocycles. The number of carbonyl (C=O) groups is 1. The molecule has 0 aliphatic carbocycles. The second kappa shape index (κ2) is 6.20. The maximum atomic E-state index is 11.7. The van der Waals surface area contributed by atoms with Crippen LogP contribution >= 0.6 is 27.7 Å². The van der Waals surface area contributed by atoms with Crippen molar-refractivity contribution >= 4 is 39.3 Å². The third-order valence-electron chi connectivity index (χ3n) is 2.55. The molecule has 1 heterocycles. The highest BCUT2D eigenvalue weighted by Crippen LogP contribution is 2.22. The Morgan fingerprint density at radius 2 is 2.44 bits per heavy atom. The summed E-state index contributed by atoms with van der Waals surface area (Å²) in [6, 6.07) is 7.93. The van der Waals surface area contributed by atoms with Gasteiger partial charge in [-0.2, -0.15) is 5.10 Å². The lowest BCUT2D eigenvalue weighted by atomic mass is 10.0. The summed E-state index contributed by atoms with van der Waals surface area (Å²) in [7, 11) is 0. The Hall–Kier alpha value is -1.07. The van der Waals surface area contributed by atoms with Gasteiger partial charge in [-0.3, -0.25) is 4.79 Å². The summed E-state index contributed by atoms with van der Waals surface area (Å²) in [6.07, 6.45) is 2.46. The Morgan fingerprint density at radius 3 is 3.17 bits per heavy atom. The van der Waals surface area contributed by atoms with E-state index in [2.05, 4.69) is 33.0 Å². The third kappa shape index (κ3) is 3.23. The van der Waals surface area contributed by atoms with Crippen LogP contribution in [0, 0.1) is 0 Å². The molecular weight excluding hydrogens is 312 g/mol. The predicted octanol–water partition coefficient (Wildman–Crippen LogP) is 2.96. The largest absolute Gasteiger partial charge is 0.272 e. The van der Waals surface area contributed by atoms with E-state index < -0.39 is 0 Å². The second-order valence-corrected chi connectivity index (χ2v) is 6.01. The number of nitrogens with zero attached hydrogens (tertiary/aromatic N) is 1. The van der Waals surface area contributed by atoms with Crippen LogP contribution in [0.1, 0.15) is 12.0 Å². The predicted molar refractivity (Wildman–Crippen MR) is 79.9 cm³/mol. The van der Waals surface area contributed by atoms with Crippen molar-refractivity contribution in [3.8, 4) is 0 Å². The van der Waals surface area contributed by atoms with Crippen molar-refractivity contribution < 1.29 is 4.79 Å². The van der Waals surface area contributed by atoms with Crippen LogP contribution in [-0.4, -0.2) is 22.6 Å². The zero-order chi connectivity index (χ0) is 13.0. The van der Waals surface area contributed by atoms with Crippen molar-refractivity contribution in [3.05, 3.63) is 47.0 Å². The molecule has 0 aromatic heterocycles. The Morgan fingerprint density at radius 1 is 1.61 bits per heavy atom. The number of rotatable bonds is 4. The number of carbonyl (C=O) groups excluding carboxylic acids is 1. The zero-order valence-electron chi connectivity index (χ0n) is 9.73. The number of hydrogen-bond acceptors (Lipinski definition) is 3. The molecule has 1 amide bonds. The monoisotopic (exact) mass is 324 g/mol. The average molecular weight is 325 g/mol. The van der Waals surface area contributed by atoms with Gasteiger partial charge in [-0.05, 0) is 17.7 Å². The first-order valence-electron chi connectivity index (χ1n) is 5.55. The van der Waals surface area contributed by atoms with Crippen molar-refractivity contribution in [3.63, 3.8) is 0 Å². The van der Waals surface area contributed by atoms with E-state index in [0.29, 0.717) is 6.42 Å². The molecule has 94 valence electrons. The molecule has 1 N–H and O–H groups in total. The van der Waals surface area contributed by atoms with Crippen LogP contribution in [-0.2, 0) is 4.79 Å². The molecule has 5 heteroatoms. The molecular formula is C13H13BrN2OS. The number of hydrogen-bond donors (Lipinski definition) is 1. The van der Waals surface area contributed by atoms with E-state index in [1.807, 2.05) is 30.3 Å². The molecule has 2 rings (SSSR count).